The predicted molar refractivity (Wildman–Crippen MR) is 96.7 cm³/mol. The molecule has 0 bridgehead atoms. The second-order valence-corrected chi connectivity index (χ2v) is 6.49. The molecule has 0 saturated heterocycles. The highest BCUT2D eigenvalue weighted by Crippen LogP contribution is 2.23. The Morgan fingerprint density at radius 1 is 1.17 bits per heavy atom. The predicted octanol–water partition coefficient (Wildman–Crippen LogP) is 3.97. The van der Waals surface area contributed by atoms with Gasteiger partial charge in [0.2, 0.25) is 5.91 Å². The zero-order chi connectivity index (χ0) is 16.9. The maximum atomic E-state index is 12.5. The molecule has 1 amide bonds. The van der Waals surface area contributed by atoms with Crippen LogP contribution in [0.15, 0.2) is 60.1 Å². The third-order valence-corrected chi connectivity index (χ3v) is 4.94. The Labute approximate surface area is 145 Å². The summed E-state index contributed by atoms with van der Waals surface area (Å²) in [5.41, 5.74) is 2.76. The van der Waals surface area contributed by atoms with Gasteiger partial charge < -0.3 is 4.90 Å². The van der Waals surface area contributed by atoms with E-state index in [2.05, 4.69) is 9.97 Å². The van der Waals surface area contributed by atoms with Gasteiger partial charge in [0.1, 0.15) is 5.01 Å². The Morgan fingerprint density at radius 3 is 2.62 bits per heavy atom. The smallest absolute Gasteiger partial charge is 0.228 e. The van der Waals surface area contributed by atoms with Crippen molar-refractivity contribution in [3.05, 3.63) is 71.4 Å². The largest absolute Gasteiger partial charge is 0.339 e. The van der Waals surface area contributed by atoms with Gasteiger partial charge in [0.15, 0.2) is 0 Å². The van der Waals surface area contributed by atoms with Crippen molar-refractivity contribution >= 4 is 17.2 Å². The second kappa shape index (κ2) is 7.36. The van der Waals surface area contributed by atoms with E-state index in [9.17, 15) is 4.79 Å². The molecule has 3 rings (SSSR count). The van der Waals surface area contributed by atoms with Crippen LogP contribution in [0.25, 0.3) is 10.7 Å². The average Bonchev–Trinajstić information content (AvgIpc) is 3.10. The number of hydrogen-bond acceptors (Lipinski definition) is 4. The molecule has 2 heterocycles. The van der Waals surface area contributed by atoms with Crippen LogP contribution in [0.4, 0.5) is 0 Å². The van der Waals surface area contributed by atoms with E-state index in [1.165, 1.54) is 11.3 Å². The van der Waals surface area contributed by atoms with Crippen LogP contribution >= 0.6 is 11.3 Å². The number of hydrogen-bond donors (Lipinski definition) is 0. The average molecular weight is 337 g/mol. The number of amides is 1. The molecule has 24 heavy (non-hydrogen) atoms. The number of nitrogens with zero attached hydrogens (tertiary/aromatic N) is 3. The lowest BCUT2D eigenvalue weighted by molar-refractivity contribution is -0.131. The highest BCUT2D eigenvalue weighted by molar-refractivity contribution is 7.13. The molecule has 0 radical (unpaired) electrons. The number of benzene rings is 1. The molecule has 4 nitrogen and oxygen atoms in total. The number of rotatable bonds is 5. The van der Waals surface area contributed by atoms with Crippen LogP contribution in [-0.4, -0.2) is 27.8 Å². The monoisotopic (exact) mass is 337 g/mol. The van der Waals surface area contributed by atoms with E-state index < -0.39 is 0 Å². The summed E-state index contributed by atoms with van der Waals surface area (Å²) in [6.45, 7) is 2.04. The van der Waals surface area contributed by atoms with Crippen LogP contribution in [-0.2, 0) is 11.2 Å². The van der Waals surface area contributed by atoms with E-state index in [0.29, 0.717) is 6.42 Å². The van der Waals surface area contributed by atoms with Gasteiger partial charge in [0, 0.05) is 18.6 Å². The lowest BCUT2D eigenvalue weighted by Gasteiger charge is -2.25. The summed E-state index contributed by atoms with van der Waals surface area (Å²) >= 11 is 1.52. The fraction of sp³-hybridized carbons (Fsp3) is 0.211. The fourth-order valence-electron chi connectivity index (χ4n) is 2.45. The van der Waals surface area contributed by atoms with Crippen molar-refractivity contribution in [3.8, 4) is 10.7 Å². The molecular formula is C19H19N3OS. The molecule has 0 saturated carbocycles. The Balaban J connectivity index is 1.68. The topological polar surface area (TPSA) is 46.1 Å². The quantitative estimate of drug-likeness (QED) is 0.708. The summed E-state index contributed by atoms with van der Waals surface area (Å²) in [6, 6.07) is 15.8. The summed E-state index contributed by atoms with van der Waals surface area (Å²) in [7, 11) is 1.84. The van der Waals surface area contributed by atoms with Crippen LogP contribution in [0.5, 0.6) is 0 Å². The van der Waals surface area contributed by atoms with Crippen molar-refractivity contribution in [1.29, 1.82) is 0 Å². The first-order chi connectivity index (χ1) is 11.6. The van der Waals surface area contributed by atoms with Gasteiger partial charge in [0.25, 0.3) is 0 Å². The van der Waals surface area contributed by atoms with Crippen LogP contribution in [0.1, 0.15) is 24.2 Å². The number of thiazole rings is 1. The van der Waals surface area contributed by atoms with Crippen molar-refractivity contribution in [2.75, 3.05) is 7.05 Å². The van der Waals surface area contributed by atoms with E-state index in [1.807, 2.05) is 67.9 Å². The SMILES string of the molecule is C[C@H](c1ccccc1)N(C)C(=O)Cc1csc(-c2ccccn2)n1. The zero-order valence-corrected chi connectivity index (χ0v) is 14.5. The van der Waals surface area contributed by atoms with Gasteiger partial charge in [-0.1, -0.05) is 36.4 Å². The van der Waals surface area contributed by atoms with Gasteiger partial charge >= 0.3 is 0 Å². The third kappa shape index (κ3) is 3.68. The maximum absolute atomic E-state index is 12.5. The molecule has 2 aromatic heterocycles. The number of likely N-dealkylation sites (N-methyl/N-ethyl adjacent to an activating group) is 1. The van der Waals surface area contributed by atoms with Crippen molar-refractivity contribution in [2.24, 2.45) is 0 Å². The molecule has 0 unspecified atom stereocenters. The number of pyridine rings is 1. The molecule has 1 atom stereocenters. The second-order valence-electron chi connectivity index (χ2n) is 5.63. The summed E-state index contributed by atoms with van der Waals surface area (Å²) in [6.07, 6.45) is 2.05. The molecule has 1 aromatic carbocycles. The Morgan fingerprint density at radius 2 is 1.92 bits per heavy atom. The van der Waals surface area contributed by atoms with Gasteiger partial charge in [-0.3, -0.25) is 9.78 Å². The van der Waals surface area contributed by atoms with Crippen LogP contribution in [0.2, 0.25) is 0 Å². The summed E-state index contributed by atoms with van der Waals surface area (Å²) < 4.78 is 0. The first-order valence-corrected chi connectivity index (χ1v) is 8.69. The van der Waals surface area contributed by atoms with E-state index in [1.54, 1.807) is 11.1 Å². The number of carbonyl (C=O) groups is 1. The zero-order valence-electron chi connectivity index (χ0n) is 13.7. The van der Waals surface area contributed by atoms with Crippen molar-refractivity contribution in [3.63, 3.8) is 0 Å². The Kier molecular flexibility index (Phi) is 5.01. The van der Waals surface area contributed by atoms with Gasteiger partial charge in [0.05, 0.1) is 23.9 Å². The maximum Gasteiger partial charge on any atom is 0.228 e. The standard InChI is InChI=1S/C19H19N3OS/c1-14(15-8-4-3-5-9-15)22(2)18(23)12-16-13-24-19(21-16)17-10-6-7-11-20-17/h3-11,13-14H,12H2,1-2H3/t14-/m1/s1. The van der Waals surface area contributed by atoms with E-state index in [0.717, 1.165) is 22.0 Å². The van der Waals surface area contributed by atoms with E-state index in [-0.39, 0.29) is 11.9 Å². The minimum atomic E-state index is 0.0348. The third-order valence-electron chi connectivity index (χ3n) is 4.02. The summed E-state index contributed by atoms with van der Waals surface area (Å²) in [4.78, 5) is 23.2. The summed E-state index contributed by atoms with van der Waals surface area (Å²) in [5, 5.41) is 2.78. The molecule has 3 aromatic rings. The van der Waals surface area contributed by atoms with E-state index >= 15 is 0 Å². The van der Waals surface area contributed by atoms with E-state index in [4.69, 9.17) is 0 Å². The van der Waals surface area contributed by atoms with Crippen molar-refractivity contribution < 1.29 is 4.79 Å². The minimum absolute atomic E-state index is 0.0348. The molecule has 122 valence electrons. The van der Waals surface area contributed by atoms with Gasteiger partial charge in [-0.2, -0.15) is 0 Å². The lowest BCUT2D eigenvalue weighted by atomic mass is 10.1. The lowest BCUT2D eigenvalue weighted by Crippen LogP contribution is -2.31. The van der Waals surface area contributed by atoms with Gasteiger partial charge in [-0.05, 0) is 24.6 Å². The number of carbonyl (C=O) groups excluding carboxylic acids is 1. The molecule has 0 aliphatic rings. The van der Waals surface area contributed by atoms with Gasteiger partial charge in [-0.15, -0.1) is 11.3 Å². The Hall–Kier alpha value is -2.53. The number of aromatic nitrogens is 2. The molecular weight excluding hydrogens is 318 g/mol. The molecule has 0 fully saturated rings. The molecule has 0 spiro atoms. The molecule has 0 aliphatic carbocycles. The highest BCUT2D eigenvalue weighted by Gasteiger charge is 2.18. The van der Waals surface area contributed by atoms with Gasteiger partial charge in [-0.25, -0.2) is 4.98 Å². The summed E-state index contributed by atoms with van der Waals surface area (Å²) in [5.74, 6) is 0.0595. The molecule has 0 N–H and O–H groups in total. The molecule has 0 aliphatic heterocycles. The van der Waals surface area contributed by atoms with Crippen LogP contribution < -0.4 is 0 Å². The fourth-order valence-corrected chi connectivity index (χ4v) is 3.24. The van der Waals surface area contributed by atoms with Crippen molar-refractivity contribution in [2.45, 2.75) is 19.4 Å². The highest BCUT2D eigenvalue weighted by atomic mass is 32.1. The minimum Gasteiger partial charge on any atom is -0.339 e. The van der Waals surface area contributed by atoms with Crippen LogP contribution in [0, 0.1) is 0 Å². The first-order valence-electron chi connectivity index (χ1n) is 7.81. The first kappa shape index (κ1) is 16.3. The van der Waals surface area contributed by atoms with Crippen molar-refractivity contribution in [1.82, 2.24) is 14.9 Å². The normalized spacial score (nSPS) is 11.9. The Bertz CT molecular complexity index is 802. The molecule has 5 heteroatoms. The van der Waals surface area contributed by atoms with Crippen LogP contribution in [0.3, 0.4) is 0 Å².